The van der Waals surface area contributed by atoms with Gasteiger partial charge in [-0.05, 0) is 55.8 Å². The molecule has 3 rings (SSSR count). The van der Waals surface area contributed by atoms with E-state index in [0.29, 0.717) is 5.02 Å². The van der Waals surface area contributed by atoms with Crippen LogP contribution in [0.2, 0.25) is 5.02 Å². The Hall–Kier alpha value is -2.11. The van der Waals surface area contributed by atoms with Crippen LogP contribution in [-0.4, -0.2) is 38.1 Å². The van der Waals surface area contributed by atoms with E-state index in [-0.39, 0.29) is 17.8 Å². The molecule has 2 aromatic rings. The number of quaternary nitrogens is 1. The first-order valence-corrected chi connectivity index (χ1v) is 9.24. The van der Waals surface area contributed by atoms with Gasteiger partial charge in [0.15, 0.2) is 6.04 Å². The van der Waals surface area contributed by atoms with Crippen LogP contribution >= 0.6 is 11.6 Å². The first-order valence-electron chi connectivity index (χ1n) is 8.86. The molecule has 0 spiro atoms. The number of hydrogen-bond donors (Lipinski definition) is 2. The number of carbonyl (C=O) groups is 1. The second-order valence-electron chi connectivity index (χ2n) is 6.79. The molecule has 0 radical (unpaired) electrons. The van der Waals surface area contributed by atoms with E-state index in [2.05, 4.69) is 10.2 Å². The summed E-state index contributed by atoms with van der Waals surface area (Å²) < 4.78 is 13.1. The molecular formula is C20H24ClFN3O+. The second-order valence-corrected chi connectivity index (χ2v) is 7.23. The average Bonchev–Trinajstić information content (AvgIpc) is 2.65. The van der Waals surface area contributed by atoms with Crippen LogP contribution < -0.4 is 15.1 Å². The number of carbonyl (C=O) groups excluding carboxylic acids is 1. The van der Waals surface area contributed by atoms with Gasteiger partial charge in [-0.1, -0.05) is 17.7 Å². The minimum absolute atomic E-state index is 0.000554. The molecule has 1 aliphatic rings. The maximum Gasteiger partial charge on any atom is 0.282 e. The molecule has 0 bridgehead atoms. The van der Waals surface area contributed by atoms with Crippen LogP contribution in [0.25, 0.3) is 0 Å². The predicted molar refractivity (Wildman–Crippen MR) is 104 cm³/mol. The molecule has 1 aliphatic heterocycles. The van der Waals surface area contributed by atoms with E-state index in [4.69, 9.17) is 11.6 Å². The Morgan fingerprint density at radius 1 is 1.19 bits per heavy atom. The number of halogens is 2. The van der Waals surface area contributed by atoms with Gasteiger partial charge in [-0.2, -0.15) is 0 Å². The van der Waals surface area contributed by atoms with Gasteiger partial charge in [0, 0.05) is 16.4 Å². The molecule has 138 valence electrons. The van der Waals surface area contributed by atoms with E-state index in [1.165, 1.54) is 17.0 Å². The van der Waals surface area contributed by atoms with Crippen molar-refractivity contribution in [1.82, 2.24) is 0 Å². The summed E-state index contributed by atoms with van der Waals surface area (Å²) in [4.78, 5) is 16.1. The summed E-state index contributed by atoms with van der Waals surface area (Å²) in [5, 5.41) is 3.61. The van der Waals surface area contributed by atoms with E-state index in [9.17, 15) is 9.18 Å². The lowest BCUT2D eigenvalue weighted by Crippen LogP contribution is -3.19. The fourth-order valence-corrected chi connectivity index (χ4v) is 3.46. The molecule has 6 heteroatoms. The molecule has 1 amide bonds. The lowest BCUT2D eigenvalue weighted by molar-refractivity contribution is -0.914. The summed E-state index contributed by atoms with van der Waals surface area (Å²) in [7, 11) is 0. The topological polar surface area (TPSA) is 36.8 Å². The van der Waals surface area contributed by atoms with Crippen molar-refractivity contribution < 1.29 is 14.1 Å². The summed E-state index contributed by atoms with van der Waals surface area (Å²) in [6.07, 6.45) is 0. The molecular weight excluding hydrogens is 353 g/mol. The summed E-state index contributed by atoms with van der Waals surface area (Å²) in [5.74, 6) is -0.222. The molecule has 2 aromatic carbocycles. The number of piperazine rings is 1. The van der Waals surface area contributed by atoms with Crippen molar-refractivity contribution in [3.63, 3.8) is 0 Å². The highest BCUT2D eigenvalue weighted by Gasteiger charge is 2.29. The number of anilines is 2. The van der Waals surface area contributed by atoms with Crippen LogP contribution in [0.15, 0.2) is 42.5 Å². The SMILES string of the molecule is Cc1ccc(Cl)cc1NC(=O)[C@@H](C)[NH+]1CCN(c2ccc(F)cc2)CC1. The third-order valence-corrected chi connectivity index (χ3v) is 5.30. The Labute approximate surface area is 158 Å². The molecule has 1 heterocycles. The third kappa shape index (κ3) is 4.34. The number of hydrogen-bond acceptors (Lipinski definition) is 2. The first-order chi connectivity index (χ1) is 12.4. The summed E-state index contributed by atoms with van der Waals surface area (Å²) in [6.45, 7) is 7.31. The van der Waals surface area contributed by atoms with Crippen molar-refractivity contribution in [2.75, 3.05) is 36.4 Å². The number of rotatable bonds is 4. The zero-order valence-electron chi connectivity index (χ0n) is 15.1. The smallest absolute Gasteiger partial charge is 0.282 e. The Balaban J connectivity index is 1.57. The minimum Gasteiger partial charge on any atom is -0.360 e. The lowest BCUT2D eigenvalue weighted by atomic mass is 10.1. The number of nitrogens with one attached hydrogen (secondary N) is 2. The number of amides is 1. The largest absolute Gasteiger partial charge is 0.360 e. The van der Waals surface area contributed by atoms with Gasteiger partial charge in [0.05, 0.1) is 26.2 Å². The normalized spacial score (nSPS) is 16.4. The van der Waals surface area contributed by atoms with Crippen LogP contribution in [0.1, 0.15) is 12.5 Å². The Kier molecular flexibility index (Phi) is 5.79. The van der Waals surface area contributed by atoms with Crippen molar-refractivity contribution in [3.8, 4) is 0 Å². The first kappa shape index (κ1) is 18.7. The molecule has 1 saturated heterocycles. The Morgan fingerprint density at radius 2 is 1.85 bits per heavy atom. The van der Waals surface area contributed by atoms with Gasteiger partial charge in [0.1, 0.15) is 5.82 Å². The van der Waals surface area contributed by atoms with Gasteiger partial charge in [-0.15, -0.1) is 0 Å². The predicted octanol–water partition coefficient (Wildman–Crippen LogP) is 2.52. The zero-order chi connectivity index (χ0) is 18.7. The summed E-state index contributed by atoms with van der Waals surface area (Å²) >= 11 is 6.03. The molecule has 4 nitrogen and oxygen atoms in total. The number of benzene rings is 2. The Morgan fingerprint density at radius 3 is 2.50 bits per heavy atom. The zero-order valence-corrected chi connectivity index (χ0v) is 15.8. The van der Waals surface area contributed by atoms with E-state index >= 15 is 0 Å². The lowest BCUT2D eigenvalue weighted by Gasteiger charge is -2.36. The van der Waals surface area contributed by atoms with Gasteiger partial charge in [-0.25, -0.2) is 4.39 Å². The van der Waals surface area contributed by atoms with Gasteiger partial charge in [-0.3, -0.25) is 4.79 Å². The van der Waals surface area contributed by atoms with E-state index in [0.717, 1.165) is 43.1 Å². The molecule has 2 N–H and O–H groups in total. The number of nitrogens with zero attached hydrogens (tertiary/aromatic N) is 1. The quantitative estimate of drug-likeness (QED) is 0.860. The van der Waals surface area contributed by atoms with Crippen molar-refractivity contribution in [3.05, 3.63) is 58.9 Å². The highest BCUT2D eigenvalue weighted by Crippen LogP contribution is 2.20. The Bertz CT molecular complexity index is 773. The maximum atomic E-state index is 13.1. The minimum atomic E-state index is -0.223. The molecule has 1 atom stereocenters. The molecule has 1 fully saturated rings. The number of aryl methyl sites for hydroxylation is 1. The van der Waals surface area contributed by atoms with Gasteiger partial charge < -0.3 is 15.1 Å². The molecule has 0 unspecified atom stereocenters. The second kappa shape index (κ2) is 8.06. The fourth-order valence-electron chi connectivity index (χ4n) is 3.29. The highest BCUT2D eigenvalue weighted by atomic mass is 35.5. The van der Waals surface area contributed by atoms with Gasteiger partial charge in [0.2, 0.25) is 0 Å². The van der Waals surface area contributed by atoms with Crippen LogP contribution in [0.5, 0.6) is 0 Å². The third-order valence-electron chi connectivity index (χ3n) is 5.06. The van der Waals surface area contributed by atoms with Crippen molar-refractivity contribution in [1.29, 1.82) is 0 Å². The average molecular weight is 377 g/mol. The van der Waals surface area contributed by atoms with Crippen molar-refractivity contribution in [2.45, 2.75) is 19.9 Å². The van der Waals surface area contributed by atoms with Crippen LogP contribution in [0, 0.1) is 12.7 Å². The van der Waals surface area contributed by atoms with E-state index < -0.39 is 0 Å². The monoisotopic (exact) mass is 376 g/mol. The van der Waals surface area contributed by atoms with Crippen molar-refractivity contribution in [2.24, 2.45) is 0 Å². The summed E-state index contributed by atoms with van der Waals surface area (Å²) in [5.41, 5.74) is 2.78. The molecule has 0 aromatic heterocycles. The summed E-state index contributed by atoms with van der Waals surface area (Å²) in [6, 6.07) is 11.9. The van der Waals surface area contributed by atoms with E-state index in [1.54, 1.807) is 18.2 Å². The van der Waals surface area contributed by atoms with Gasteiger partial charge >= 0.3 is 0 Å². The molecule has 26 heavy (non-hydrogen) atoms. The standard InChI is InChI=1S/C20H23ClFN3O/c1-14-3-4-16(21)13-19(14)23-20(26)15(2)24-9-11-25(12-10-24)18-7-5-17(22)6-8-18/h3-8,13,15H,9-12H2,1-2H3,(H,23,26)/p+1/t15-/m1/s1. The van der Waals surface area contributed by atoms with Crippen LogP contribution in [-0.2, 0) is 4.79 Å². The van der Waals surface area contributed by atoms with Gasteiger partial charge in [0.25, 0.3) is 5.91 Å². The molecule has 0 saturated carbocycles. The van der Waals surface area contributed by atoms with E-state index in [1.807, 2.05) is 26.0 Å². The van der Waals surface area contributed by atoms with Crippen molar-refractivity contribution >= 4 is 28.9 Å². The highest BCUT2D eigenvalue weighted by molar-refractivity contribution is 6.31. The fraction of sp³-hybridized carbons (Fsp3) is 0.350. The maximum absolute atomic E-state index is 13.1. The molecule has 0 aliphatic carbocycles. The van der Waals surface area contributed by atoms with Crippen LogP contribution in [0.3, 0.4) is 0 Å². The van der Waals surface area contributed by atoms with Crippen LogP contribution in [0.4, 0.5) is 15.8 Å².